The van der Waals surface area contributed by atoms with E-state index in [0.717, 1.165) is 22.7 Å². The summed E-state index contributed by atoms with van der Waals surface area (Å²) in [5.74, 6) is 2.71. The summed E-state index contributed by atoms with van der Waals surface area (Å²) in [4.78, 5) is 9.01. The number of pyridine rings is 1. The molecule has 140 valence electrons. The molecule has 1 saturated carbocycles. The number of hydrogen-bond donors (Lipinski definition) is 1. The summed E-state index contributed by atoms with van der Waals surface area (Å²) in [7, 11) is 1.64. The van der Waals surface area contributed by atoms with Crippen molar-refractivity contribution in [3.05, 3.63) is 42.6 Å². The second kappa shape index (κ2) is 8.20. The minimum Gasteiger partial charge on any atom is -0.497 e. The highest BCUT2D eigenvalue weighted by atomic mass is 16.5. The second-order valence-corrected chi connectivity index (χ2v) is 6.92. The molecule has 1 aliphatic carbocycles. The molecule has 3 aromatic rings. The van der Waals surface area contributed by atoms with Gasteiger partial charge in [-0.2, -0.15) is 4.98 Å². The van der Waals surface area contributed by atoms with Crippen LogP contribution in [0.2, 0.25) is 0 Å². The quantitative estimate of drug-likeness (QED) is 0.646. The molecular formula is C21H24N4O2. The van der Waals surface area contributed by atoms with Crippen molar-refractivity contribution in [1.82, 2.24) is 15.1 Å². The molecule has 1 fully saturated rings. The lowest BCUT2D eigenvalue weighted by Gasteiger charge is -2.16. The predicted octanol–water partition coefficient (Wildman–Crippen LogP) is 4.94. The summed E-state index contributed by atoms with van der Waals surface area (Å²) in [5, 5.41) is 7.63. The molecule has 2 heterocycles. The normalized spacial score (nSPS) is 15.3. The van der Waals surface area contributed by atoms with Gasteiger partial charge in [0.2, 0.25) is 5.82 Å². The first-order valence-corrected chi connectivity index (χ1v) is 9.53. The minimum atomic E-state index is 0.467. The van der Waals surface area contributed by atoms with Crippen LogP contribution in [0, 0.1) is 0 Å². The van der Waals surface area contributed by atoms with Crippen LogP contribution in [-0.2, 0) is 0 Å². The predicted molar refractivity (Wildman–Crippen MR) is 105 cm³/mol. The van der Waals surface area contributed by atoms with Crippen molar-refractivity contribution in [3.8, 4) is 28.6 Å². The first kappa shape index (κ1) is 17.5. The van der Waals surface area contributed by atoms with Crippen LogP contribution in [0.5, 0.6) is 5.75 Å². The Morgan fingerprint density at radius 1 is 0.963 bits per heavy atom. The van der Waals surface area contributed by atoms with E-state index in [-0.39, 0.29) is 0 Å². The Bertz CT molecular complexity index is 851. The van der Waals surface area contributed by atoms with E-state index >= 15 is 0 Å². The van der Waals surface area contributed by atoms with E-state index < -0.39 is 0 Å². The SMILES string of the molecule is COc1ccc(-c2noc(-c3ccc(NC4CCCCCC4)nc3)n2)cc1. The van der Waals surface area contributed by atoms with Gasteiger partial charge in [-0.25, -0.2) is 4.98 Å². The average Bonchev–Trinajstić information content (AvgIpc) is 3.07. The zero-order chi connectivity index (χ0) is 18.5. The van der Waals surface area contributed by atoms with Gasteiger partial charge >= 0.3 is 0 Å². The molecular weight excluding hydrogens is 340 g/mol. The van der Waals surface area contributed by atoms with Gasteiger partial charge in [0, 0.05) is 17.8 Å². The summed E-state index contributed by atoms with van der Waals surface area (Å²) in [6.07, 6.45) is 9.51. The van der Waals surface area contributed by atoms with Crippen LogP contribution in [0.15, 0.2) is 47.1 Å². The number of nitrogens with zero attached hydrogens (tertiary/aromatic N) is 3. The number of benzene rings is 1. The van der Waals surface area contributed by atoms with Gasteiger partial charge < -0.3 is 14.6 Å². The van der Waals surface area contributed by atoms with Crippen LogP contribution in [-0.4, -0.2) is 28.3 Å². The Morgan fingerprint density at radius 2 is 1.70 bits per heavy atom. The topological polar surface area (TPSA) is 73.1 Å². The molecule has 0 unspecified atom stereocenters. The highest BCUT2D eigenvalue weighted by Crippen LogP contribution is 2.25. The number of hydrogen-bond acceptors (Lipinski definition) is 6. The third-order valence-corrected chi connectivity index (χ3v) is 4.99. The largest absolute Gasteiger partial charge is 0.497 e. The molecule has 0 atom stereocenters. The summed E-state index contributed by atoms with van der Waals surface area (Å²) in [5.41, 5.74) is 1.69. The maximum Gasteiger partial charge on any atom is 0.259 e. The van der Waals surface area contributed by atoms with Crippen LogP contribution >= 0.6 is 0 Å². The molecule has 6 nitrogen and oxygen atoms in total. The van der Waals surface area contributed by atoms with E-state index in [0.29, 0.717) is 17.8 Å². The van der Waals surface area contributed by atoms with Gasteiger partial charge in [0.1, 0.15) is 11.6 Å². The third-order valence-electron chi connectivity index (χ3n) is 4.99. The van der Waals surface area contributed by atoms with Crippen LogP contribution in [0.3, 0.4) is 0 Å². The number of methoxy groups -OCH3 is 1. The van der Waals surface area contributed by atoms with Gasteiger partial charge in [-0.3, -0.25) is 0 Å². The summed E-state index contributed by atoms with van der Waals surface area (Å²) < 4.78 is 10.6. The summed E-state index contributed by atoms with van der Waals surface area (Å²) in [6.45, 7) is 0. The first-order valence-electron chi connectivity index (χ1n) is 9.53. The molecule has 0 spiro atoms. The maximum absolute atomic E-state index is 5.42. The van der Waals surface area contributed by atoms with Crippen molar-refractivity contribution < 1.29 is 9.26 Å². The van der Waals surface area contributed by atoms with Crippen LogP contribution < -0.4 is 10.1 Å². The van der Waals surface area contributed by atoms with E-state index in [1.165, 1.54) is 38.5 Å². The van der Waals surface area contributed by atoms with Gasteiger partial charge in [0.15, 0.2) is 0 Å². The van der Waals surface area contributed by atoms with Gasteiger partial charge in [-0.1, -0.05) is 30.8 Å². The summed E-state index contributed by atoms with van der Waals surface area (Å²) >= 11 is 0. The number of aromatic nitrogens is 3. The molecule has 1 aliphatic rings. The van der Waals surface area contributed by atoms with E-state index in [2.05, 4.69) is 20.4 Å². The van der Waals surface area contributed by atoms with Crippen LogP contribution in [0.1, 0.15) is 38.5 Å². The van der Waals surface area contributed by atoms with Gasteiger partial charge in [0.25, 0.3) is 5.89 Å². The van der Waals surface area contributed by atoms with Crippen LogP contribution in [0.25, 0.3) is 22.8 Å². The van der Waals surface area contributed by atoms with Crippen molar-refractivity contribution in [3.63, 3.8) is 0 Å². The Balaban J connectivity index is 1.45. The van der Waals surface area contributed by atoms with E-state index in [1.54, 1.807) is 13.3 Å². The number of rotatable bonds is 5. The zero-order valence-corrected chi connectivity index (χ0v) is 15.5. The number of ether oxygens (including phenoxy) is 1. The van der Waals surface area contributed by atoms with Crippen molar-refractivity contribution >= 4 is 5.82 Å². The highest BCUT2D eigenvalue weighted by molar-refractivity contribution is 5.60. The summed E-state index contributed by atoms with van der Waals surface area (Å²) in [6, 6.07) is 12.0. The molecule has 0 amide bonds. The highest BCUT2D eigenvalue weighted by Gasteiger charge is 2.14. The fourth-order valence-corrected chi connectivity index (χ4v) is 3.44. The lowest BCUT2D eigenvalue weighted by Crippen LogP contribution is -2.18. The number of nitrogens with one attached hydrogen (secondary N) is 1. The lowest BCUT2D eigenvalue weighted by atomic mass is 10.1. The lowest BCUT2D eigenvalue weighted by molar-refractivity contribution is 0.415. The second-order valence-electron chi connectivity index (χ2n) is 6.92. The maximum atomic E-state index is 5.42. The van der Waals surface area contributed by atoms with Gasteiger partial charge in [0.05, 0.1) is 12.7 Å². The minimum absolute atomic E-state index is 0.467. The van der Waals surface area contributed by atoms with E-state index in [4.69, 9.17) is 9.26 Å². The van der Waals surface area contributed by atoms with Crippen molar-refractivity contribution in [2.24, 2.45) is 0 Å². The van der Waals surface area contributed by atoms with Crippen molar-refractivity contribution in [2.75, 3.05) is 12.4 Å². The fourth-order valence-electron chi connectivity index (χ4n) is 3.44. The molecule has 0 radical (unpaired) electrons. The molecule has 6 heteroatoms. The van der Waals surface area contributed by atoms with Crippen molar-refractivity contribution in [1.29, 1.82) is 0 Å². The molecule has 0 aliphatic heterocycles. The third kappa shape index (κ3) is 4.27. The Morgan fingerprint density at radius 3 is 2.37 bits per heavy atom. The van der Waals surface area contributed by atoms with Gasteiger partial charge in [-0.15, -0.1) is 0 Å². The van der Waals surface area contributed by atoms with Crippen LogP contribution in [0.4, 0.5) is 5.82 Å². The smallest absolute Gasteiger partial charge is 0.259 e. The first-order chi connectivity index (χ1) is 13.3. The van der Waals surface area contributed by atoms with Gasteiger partial charge in [-0.05, 0) is 49.2 Å². The molecule has 0 bridgehead atoms. The zero-order valence-electron chi connectivity index (χ0n) is 15.5. The molecule has 1 N–H and O–H groups in total. The molecule has 4 rings (SSSR count). The molecule has 1 aromatic carbocycles. The molecule has 2 aromatic heterocycles. The average molecular weight is 364 g/mol. The molecule has 27 heavy (non-hydrogen) atoms. The number of anilines is 1. The Hall–Kier alpha value is -2.89. The van der Waals surface area contributed by atoms with E-state index in [1.807, 2.05) is 36.4 Å². The van der Waals surface area contributed by atoms with Crippen molar-refractivity contribution in [2.45, 2.75) is 44.6 Å². The monoisotopic (exact) mass is 364 g/mol. The van der Waals surface area contributed by atoms with E-state index in [9.17, 15) is 0 Å². The molecule has 0 saturated heterocycles. The Labute approximate surface area is 159 Å². The standard InChI is InChI=1S/C21H24N4O2/c1-26-18-11-8-15(9-12-18)20-24-21(27-25-20)16-10-13-19(22-14-16)23-17-6-4-2-3-5-7-17/h8-14,17H,2-7H2,1H3,(H,22,23). The fraction of sp³-hybridized carbons (Fsp3) is 0.381. The Kier molecular flexibility index (Phi) is 5.32.